The molecule has 2 nitrogen and oxygen atoms in total. The van der Waals surface area contributed by atoms with E-state index in [1.165, 1.54) is 0 Å². The normalized spacial score (nSPS) is 14.6. The smallest absolute Gasteiger partial charge is 0.112 e. The van der Waals surface area contributed by atoms with Gasteiger partial charge in [0.25, 0.3) is 0 Å². The van der Waals surface area contributed by atoms with Crippen molar-refractivity contribution in [1.82, 2.24) is 0 Å². The second kappa shape index (κ2) is 5.25. The van der Waals surface area contributed by atoms with Crippen molar-refractivity contribution in [1.29, 1.82) is 0 Å². The summed E-state index contributed by atoms with van der Waals surface area (Å²) in [6.45, 7) is 0. The Kier molecular flexibility index (Phi) is 3.72. The van der Waals surface area contributed by atoms with Crippen molar-refractivity contribution >= 4 is 11.3 Å². The van der Waals surface area contributed by atoms with Gasteiger partial charge in [-0.2, -0.15) is 11.3 Å². The van der Waals surface area contributed by atoms with E-state index < -0.39 is 6.10 Å². The molecule has 0 radical (unpaired) electrons. The van der Waals surface area contributed by atoms with Crippen molar-refractivity contribution in [2.45, 2.75) is 12.2 Å². The molecule has 16 heavy (non-hydrogen) atoms. The summed E-state index contributed by atoms with van der Waals surface area (Å²) < 4.78 is 5.38. The molecule has 0 aliphatic heterocycles. The van der Waals surface area contributed by atoms with Gasteiger partial charge >= 0.3 is 0 Å². The maximum absolute atomic E-state index is 10.2. The number of aliphatic hydroxyl groups is 1. The fourth-order valence-corrected chi connectivity index (χ4v) is 2.40. The third kappa shape index (κ3) is 2.32. The Bertz CT molecular complexity index is 411. The van der Waals surface area contributed by atoms with Gasteiger partial charge in [0.15, 0.2) is 0 Å². The summed E-state index contributed by atoms with van der Waals surface area (Å²) in [6.07, 6.45) is -0.922. The molecule has 2 unspecified atom stereocenters. The highest BCUT2D eigenvalue weighted by molar-refractivity contribution is 7.07. The molecule has 2 aromatic rings. The van der Waals surface area contributed by atoms with Gasteiger partial charge in [-0.25, -0.2) is 0 Å². The van der Waals surface area contributed by atoms with Crippen LogP contribution < -0.4 is 0 Å². The van der Waals surface area contributed by atoms with Crippen molar-refractivity contribution in [2.24, 2.45) is 0 Å². The number of rotatable bonds is 4. The quantitative estimate of drug-likeness (QED) is 0.880. The molecule has 84 valence electrons. The van der Waals surface area contributed by atoms with E-state index in [1.54, 1.807) is 18.4 Å². The summed E-state index contributed by atoms with van der Waals surface area (Å²) in [6, 6.07) is 11.7. The zero-order valence-electron chi connectivity index (χ0n) is 9.04. The van der Waals surface area contributed by atoms with Crippen LogP contribution in [-0.2, 0) is 4.74 Å². The molecule has 1 N–H and O–H groups in total. The summed E-state index contributed by atoms with van der Waals surface area (Å²) in [4.78, 5) is 0. The van der Waals surface area contributed by atoms with E-state index in [0.29, 0.717) is 0 Å². The lowest BCUT2D eigenvalue weighted by Gasteiger charge is -2.21. The first-order chi connectivity index (χ1) is 7.83. The predicted octanol–water partition coefficient (Wildman–Crippen LogP) is 3.17. The topological polar surface area (TPSA) is 29.5 Å². The Balaban J connectivity index is 2.23. The van der Waals surface area contributed by atoms with E-state index in [2.05, 4.69) is 0 Å². The number of aliphatic hydroxyl groups excluding tert-OH is 1. The first-order valence-electron chi connectivity index (χ1n) is 5.11. The van der Waals surface area contributed by atoms with Crippen molar-refractivity contribution in [3.8, 4) is 0 Å². The largest absolute Gasteiger partial charge is 0.385 e. The van der Waals surface area contributed by atoms with Gasteiger partial charge in [-0.1, -0.05) is 30.3 Å². The summed E-state index contributed by atoms with van der Waals surface area (Å²) in [5.41, 5.74) is 1.89. The van der Waals surface area contributed by atoms with E-state index in [-0.39, 0.29) is 6.10 Å². The third-order valence-electron chi connectivity index (χ3n) is 2.55. The van der Waals surface area contributed by atoms with Gasteiger partial charge in [-0.3, -0.25) is 0 Å². The molecule has 1 heterocycles. The molecule has 0 fully saturated rings. The standard InChI is InChI=1S/C13H14O2S/c1-15-13(10-5-3-2-4-6-10)12(14)11-7-8-16-9-11/h2-9,12-14H,1H3. The van der Waals surface area contributed by atoms with Crippen LogP contribution in [0.5, 0.6) is 0 Å². The summed E-state index contributed by atoms with van der Waals surface area (Å²) in [5.74, 6) is 0. The average Bonchev–Trinajstić information content (AvgIpc) is 2.85. The molecule has 0 spiro atoms. The van der Waals surface area contributed by atoms with Crippen LogP contribution in [0, 0.1) is 0 Å². The Morgan fingerprint density at radius 1 is 1.12 bits per heavy atom. The van der Waals surface area contributed by atoms with Gasteiger partial charge in [0, 0.05) is 7.11 Å². The highest BCUT2D eigenvalue weighted by Crippen LogP contribution is 2.32. The van der Waals surface area contributed by atoms with Crippen LogP contribution in [0.4, 0.5) is 0 Å². The van der Waals surface area contributed by atoms with Gasteiger partial charge in [-0.05, 0) is 28.0 Å². The van der Waals surface area contributed by atoms with E-state index in [9.17, 15) is 5.11 Å². The van der Waals surface area contributed by atoms with Crippen LogP contribution in [0.1, 0.15) is 23.3 Å². The van der Waals surface area contributed by atoms with Crippen LogP contribution in [0.25, 0.3) is 0 Å². The molecule has 0 saturated carbocycles. The number of methoxy groups -OCH3 is 1. The van der Waals surface area contributed by atoms with Crippen molar-refractivity contribution < 1.29 is 9.84 Å². The molecule has 1 aromatic carbocycles. The number of hydrogen-bond acceptors (Lipinski definition) is 3. The Labute approximate surface area is 99.1 Å². The number of hydrogen-bond donors (Lipinski definition) is 1. The Morgan fingerprint density at radius 2 is 1.88 bits per heavy atom. The third-order valence-corrected chi connectivity index (χ3v) is 3.25. The molecule has 0 amide bonds. The van der Waals surface area contributed by atoms with Gasteiger partial charge in [0.1, 0.15) is 12.2 Å². The molecular formula is C13H14O2S. The highest BCUT2D eigenvalue weighted by Gasteiger charge is 2.22. The van der Waals surface area contributed by atoms with Crippen molar-refractivity contribution in [2.75, 3.05) is 7.11 Å². The zero-order chi connectivity index (χ0) is 11.4. The number of thiophene rings is 1. The predicted molar refractivity (Wildman–Crippen MR) is 65.5 cm³/mol. The molecule has 3 heteroatoms. The summed E-state index contributed by atoms with van der Waals surface area (Å²) >= 11 is 1.58. The first kappa shape index (κ1) is 11.3. The Morgan fingerprint density at radius 3 is 2.44 bits per heavy atom. The van der Waals surface area contributed by atoms with Crippen LogP contribution in [0.15, 0.2) is 47.2 Å². The number of benzene rings is 1. The fraction of sp³-hybridized carbons (Fsp3) is 0.231. The maximum atomic E-state index is 10.2. The first-order valence-corrected chi connectivity index (χ1v) is 6.05. The molecular weight excluding hydrogens is 220 g/mol. The average molecular weight is 234 g/mol. The SMILES string of the molecule is COC(c1ccccc1)C(O)c1ccsc1. The maximum Gasteiger partial charge on any atom is 0.112 e. The van der Waals surface area contributed by atoms with Gasteiger partial charge in [-0.15, -0.1) is 0 Å². The second-order valence-corrected chi connectivity index (χ2v) is 4.35. The lowest BCUT2D eigenvalue weighted by Crippen LogP contribution is -2.12. The van der Waals surface area contributed by atoms with E-state index in [4.69, 9.17) is 4.74 Å². The Hall–Kier alpha value is -1.16. The van der Waals surface area contributed by atoms with Crippen LogP contribution >= 0.6 is 11.3 Å². The molecule has 0 aliphatic carbocycles. The molecule has 0 saturated heterocycles. The lowest BCUT2D eigenvalue weighted by molar-refractivity contribution is -0.0147. The molecule has 1 aromatic heterocycles. The van der Waals surface area contributed by atoms with Crippen molar-refractivity contribution in [3.63, 3.8) is 0 Å². The van der Waals surface area contributed by atoms with Gasteiger partial charge in [0.05, 0.1) is 0 Å². The molecule has 0 aliphatic rings. The van der Waals surface area contributed by atoms with Crippen molar-refractivity contribution in [3.05, 3.63) is 58.3 Å². The van der Waals surface area contributed by atoms with E-state index >= 15 is 0 Å². The summed E-state index contributed by atoms with van der Waals surface area (Å²) in [7, 11) is 1.62. The lowest BCUT2D eigenvalue weighted by atomic mass is 10.0. The summed E-state index contributed by atoms with van der Waals surface area (Å²) in [5, 5.41) is 14.1. The monoisotopic (exact) mass is 234 g/mol. The van der Waals surface area contributed by atoms with Gasteiger partial charge in [0.2, 0.25) is 0 Å². The van der Waals surface area contributed by atoms with Crippen LogP contribution in [-0.4, -0.2) is 12.2 Å². The zero-order valence-corrected chi connectivity index (χ0v) is 9.85. The van der Waals surface area contributed by atoms with E-state index in [1.807, 2.05) is 47.2 Å². The van der Waals surface area contributed by atoms with E-state index in [0.717, 1.165) is 11.1 Å². The van der Waals surface area contributed by atoms with Gasteiger partial charge < -0.3 is 9.84 Å². The molecule has 0 bridgehead atoms. The minimum absolute atomic E-state index is 0.309. The molecule has 2 atom stereocenters. The molecule has 2 rings (SSSR count). The minimum Gasteiger partial charge on any atom is -0.385 e. The fourth-order valence-electron chi connectivity index (χ4n) is 1.71. The number of ether oxygens (including phenoxy) is 1. The van der Waals surface area contributed by atoms with Crippen LogP contribution in [0.3, 0.4) is 0 Å². The highest BCUT2D eigenvalue weighted by atomic mass is 32.1. The van der Waals surface area contributed by atoms with Crippen LogP contribution in [0.2, 0.25) is 0 Å². The second-order valence-electron chi connectivity index (χ2n) is 3.57. The minimum atomic E-state index is -0.612.